The van der Waals surface area contributed by atoms with E-state index in [2.05, 4.69) is 4.98 Å². The van der Waals surface area contributed by atoms with Crippen LogP contribution in [0.2, 0.25) is 0 Å². The zero-order valence-electron chi connectivity index (χ0n) is 8.36. The highest BCUT2D eigenvalue weighted by atomic mass is 16.5. The first-order valence-corrected chi connectivity index (χ1v) is 4.23. The van der Waals surface area contributed by atoms with Crippen molar-refractivity contribution in [1.82, 2.24) is 4.98 Å². The summed E-state index contributed by atoms with van der Waals surface area (Å²) in [5.74, 6) is 0.490. The van der Waals surface area contributed by atoms with Crippen LogP contribution in [0.3, 0.4) is 0 Å². The van der Waals surface area contributed by atoms with E-state index in [-0.39, 0.29) is 6.04 Å². The highest BCUT2D eigenvalue weighted by molar-refractivity contribution is 5.43. The number of hydrogen-bond donors (Lipinski definition) is 2. The third-order valence-electron chi connectivity index (χ3n) is 1.84. The van der Waals surface area contributed by atoms with Crippen LogP contribution in [0.25, 0.3) is 0 Å². The van der Waals surface area contributed by atoms with Crippen molar-refractivity contribution in [1.29, 1.82) is 0 Å². The van der Waals surface area contributed by atoms with Crippen molar-refractivity contribution in [3.8, 4) is 5.88 Å². The van der Waals surface area contributed by atoms with Gasteiger partial charge in [-0.2, -0.15) is 0 Å². The zero-order valence-corrected chi connectivity index (χ0v) is 8.36. The van der Waals surface area contributed by atoms with Crippen LogP contribution in [0.5, 0.6) is 5.88 Å². The van der Waals surface area contributed by atoms with Crippen LogP contribution in [0.4, 0.5) is 5.69 Å². The standard InChI is InChI=1S/C9H15N3O2/c1-13-5-8(11)7-3-6(10)4-12-9(7)14-2/h3-4,8H,5,10-11H2,1-2H3/t8-/m0/s1. The second-order valence-corrected chi connectivity index (χ2v) is 2.93. The molecular weight excluding hydrogens is 182 g/mol. The molecular formula is C9H15N3O2. The summed E-state index contributed by atoms with van der Waals surface area (Å²) in [5.41, 5.74) is 12.8. The molecule has 78 valence electrons. The van der Waals surface area contributed by atoms with Gasteiger partial charge in [0.15, 0.2) is 0 Å². The Morgan fingerprint density at radius 2 is 2.21 bits per heavy atom. The first kappa shape index (κ1) is 10.7. The number of ether oxygens (including phenoxy) is 2. The summed E-state index contributed by atoms with van der Waals surface area (Å²) in [6, 6.07) is 1.47. The van der Waals surface area contributed by atoms with Gasteiger partial charge >= 0.3 is 0 Å². The lowest BCUT2D eigenvalue weighted by Crippen LogP contribution is -2.17. The maximum atomic E-state index is 5.85. The highest BCUT2D eigenvalue weighted by Crippen LogP contribution is 2.23. The number of nitrogen functional groups attached to an aromatic ring is 1. The summed E-state index contributed by atoms with van der Waals surface area (Å²) in [7, 11) is 3.13. The molecule has 5 nitrogen and oxygen atoms in total. The molecule has 0 spiro atoms. The van der Waals surface area contributed by atoms with Gasteiger partial charge in [0, 0.05) is 12.7 Å². The van der Waals surface area contributed by atoms with Gasteiger partial charge in [-0.05, 0) is 6.07 Å². The van der Waals surface area contributed by atoms with Gasteiger partial charge in [-0.1, -0.05) is 0 Å². The number of anilines is 1. The minimum absolute atomic E-state index is 0.272. The van der Waals surface area contributed by atoms with E-state index in [0.717, 1.165) is 5.56 Å². The van der Waals surface area contributed by atoms with Crippen molar-refractivity contribution in [3.63, 3.8) is 0 Å². The van der Waals surface area contributed by atoms with Crippen molar-refractivity contribution in [3.05, 3.63) is 17.8 Å². The van der Waals surface area contributed by atoms with E-state index in [0.29, 0.717) is 18.2 Å². The Morgan fingerprint density at radius 1 is 1.50 bits per heavy atom. The summed E-state index contributed by atoms with van der Waals surface area (Å²) in [5, 5.41) is 0. The summed E-state index contributed by atoms with van der Waals surface area (Å²) in [4.78, 5) is 4.02. The molecule has 0 amide bonds. The van der Waals surface area contributed by atoms with Crippen LogP contribution in [0.1, 0.15) is 11.6 Å². The predicted octanol–water partition coefficient (Wildman–Crippen LogP) is 0.319. The Morgan fingerprint density at radius 3 is 2.79 bits per heavy atom. The largest absolute Gasteiger partial charge is 0.481 e. The zero-order chi connectivity index (χ0) is 10.6. The molecule has 1 heterocycles. The maximum Gasteiger partial charge on any atom is 0.218 e. The monoisotopic (exact) mass is 197 g/mol. The van der Waals surface area contributed by atoms with Gasteiger partial charge in [-0.25, -0.2) is 4.98 Å². The fourth-order valence-corrected chi connectivity index (χ4v) is 1.19. The number of methoxy groups -OCH3 is 2. The second-order valence-electron chi connectivity index (χ2n) is 2.93. The third kappa shape index (κ3) is 2.34. The molecule has 0 fully saturated rings. The lowest BCUT2D eigenvalue weighted by molar-refractivity contribution is 0.179. The van der Waals surface area contributed by atoms with Gasteiger partial charge in [-0.3, -0.25) is 0 Å². The molecule has 0 radical (unpaired) electrons. The Hall–Kier alpha value is -1.33. The molecule has 0 aliphatic rings. The minimum atomic E-state index is -0.272. The molecule has 5 heteroatoms. The SMILES string of the molecule is COC[C@H](N)c1cc(N)cnc1OC. The van der Waals surface area contributed by atoms with Crippen molar-refractivity contribution in [2.75, 3.05) is 26.6 Å². The summed E-state index contributed by atoms with van der Waals surface area (Å²) in [6.45, 7) is 0.404. The fourth-order valence-electron chi connectivity index (χ4n) is 1.19. The first-order valence-electron chi connectivity index (χ1n) is 4.23. The van der Waals surface area contributed by atoms with Crippen LogP contribution < -0.4 is 16.2 Å². The lowest BCUT2D eigenvalue weighted by atomic mass is 10.1. The molecule has 0 bridgehead atoms. The molecule has 0 saturated carbocycles. The van der Waals surface area contributed by atoms with Gasteiger partial charge in [-0.15, -0.1) is 0 Å². The van der Waals surface area contributed by atoms with Gasteiger partial charge in [0.1, 0.15) is 0 Å². The highest BCUT2D eigenvalue weighted by Gasteiger charge is 2.13. The fraction of sp³-hybridized carbons (Fsp3) is 0.444. The van der Waals surface area contributed by atoms with Gasteiger partial charge < -0.3 is 20.9 Å². The number of nitrogens with two attached hydrogens (primary N) is 2. The van der Waals surface area contributed by atoms with E-state index < -0.39 is 0 Å². The van der Waals surface area contributed by atoms with Crippen LogP contribution in [0, 0.1) is 0 Å². The number of hydrogen-bond acceptors (Lipinski definition) is 5. The molecule has 1 aromatic rings. The summed E-state index contributed by atoms with van der Waals surface area (Å²) in [6.07, 6.45) is 1.53. The molecule has 14 heavy (non-hydrogen) atoms. The first-order chi connectivity index (χ1) is 6.69. The molecule has 0 unspecified atom stereocenters. The molecule has 4 N–H and O–H groups in total. The van der Waals surface area contributed by atoms with Gasteiger partial charge in [0.05, 0.1) is 31.6 Å². The van der Waals surface area contributed by atoms with Crippen molar-refractivity contribution in [2.45, 2.75) is 6.04 Å². The lowest BCUT2D eigenvalue weighted by Gasteiger charge is -2.14. The van der Waals surface area contributed by atoms with E-state index in [9.17, 15) is 0 Å². The maximum absolute atomic E-state index is 5.85. The van der Waals surface area contributed by atoms with Gasteiger partial charge in [0.25, 0.3) is 0 Å². The number of rotatable bonds is 4. The van der Waals surface area contributed by atoms with E-state index >= 15 is 0 Å². The number of pyridine rings is 1. The molecule has 1 aromatic heterocycles. The quantitative estimate of drug-likeness (QED) is 0.726. The Balaban J connectivity index is 2.97. The minimum Gasteiger partial charge on any atom is -0.481 e. The third-order valence-corrected chi connectivity index (χ3v) is 1.84. The molecule has 0 aliphatic carbocycles. The molecule has 1 atom stereocenters. The van der Waals surface area contributed by atoms with E-state index in [1.807, 2.05) is 0 Å². The average Bonchev–Trinajstić information content (AvgIpc) is 2.18. The second kappa shape index (κ2) is 4.78. The molecule has 0 saturated heterocycles. The Kier molecular flexibility index (Phi) is 3.67. The van der Waals surface area contributed by atoms with Crippen molar-refractivity contribution >= 4 is 5.69 Å². The smallest absolute Gasteiger partial charge is 0.218 e. The van der Waals surface area contributed by atoms with E-state index in [1.165, 1.54) is 6.20 Å². The average molecular weight is 197 g/mol. The Bertz CT molecular complexity index is 304. The number of nitrogens with zero attached hydrogens (tertiary/aromatic N) is 1. The van der Waals surface area contributed by atoms with Gasteiger partial charge in [0.2, 0.25) is 5.88 Å². The molecule has 1 rings (SSSR count). The topological polar surface area (TPSA) is 83.4 Å². The molecule has 0 aliphatic heterocycles. The van der Waals surface area contributed by atoms with E-state index in [1.54, 1.807) is 20.3 Å². The van der Waals surface area contributed by atoms with Crippen molar-refractivity contribution in [2.24, 2.45) is 5.73 Å². The van der Waals surface area contributed by atoms with E-state index in [4.69, 9.17) is 20.9 Å². The Labute approximate surface area is 83.0 Å². The predicted molar refractivity (Wildman–Crippen MR) is 54.0 cm³/mol. The van der Waals surface area contributed by atoms with Crippen LogP contribution in [-0.2, 0) is 4.74 Å². The van der Waals surface area contributed by atoms with Crippen LogP contribution >= 0.6 is 0 Å². The number of aromatic nitrogens is 1. The summed E-state index contributed by atoms with van der Waals surface area (Å²) >= 11 is 0. The van der Waals surface area contributed by atoms with Crippen LogP contribution in [0.15, 0.2) is 12.3 Å². The normalized spacial score (nSPS) is 12.5. The van der Waals surface area contributed by atoms with Crippen LogP contribution in [-0.4, -0.2) is 25.8 Å². The van der Waals surface area contributed by atoms with Crippen molar-refractivity contribution < 1.29 is 9.47 Å². The molecule has 0 aromatic carbocycles. The summed E-state index contributed by atoms with van der Waals surface area (Å²) < 4.78 is 10.0.